The van der Waals surface area contributed by atoms with E-state index in [-0.39, 0.29) is 5.91 Å². The predicted molar refractivity (Wildman–Crippen MR) is 75.8 cm³/mol. The third-order valence-electron chi connectivity index (χ3n) is 3.78. The summed E-state index contributed by atoms with van der Waals surface area (Å²) >= 11 is 0. The fourth-order valence-corrected chi connectivity index (χ4v) is 2.72. The van der Waals surface area contributed by atoms with Crippen LogP contribution in [0.3, 0.4) is 0 Å². The molecule has 0 aliphatic carbocycles. The van der Waals surface area contributed by atoms with E-state index in [1.165, 1.54) is 6.42 Å². The number of carbonyl (C=O) groups excluding carboxylic acids is 1. The van der Waals surface area contributed by atoms with Crippen LogP contribution in [0, 0.1) is 0 Å². The fraction of sp³-hybridized carbons (Fsp3) is 0.600. The number of piperidine rings is 1. The summed E-state index contributed by atoms with van der Waals surface area (Å²) in [5.41, 5.74) is 1.05. The van der Waals surface area contributed by atoms with Gasteiger partial charge < -0.3 is 10.2 Å². The zero-order chi connectivity index (χ0) is 13.5. The van der Waals surface area contributed by atoms with Gasteiger partial charge in [0.2, 0.25) is 5.91 Å². The van der Waals surface area contributed by atoms with Crippen molar-refractivity contribution in [2.45, 2.75) is 38.1 Å². The number of rotatable bonds is 5. The second kappa shape index (κ2) is 7.24. The predicted octanol–water partition coefficient (Wildman–Crippen LogP) is 1.61. The van der Waals surface area contributed by atoms with Crippen LogP contribution in [0.15, 0.2) is 24.5 Å². The Kier molecular flexibility index (Phi) is 5.33. The normalized spacial score (nSPS) is 19.4. The van der Waals surface area contributed by atoms with E-state index in [0.717, 1.165) is 37.9 Å². The summed E-state index contributed by atoms with van der Waals surface area (Å²) in [5.74, 6) is 0.256. The molecule has 0 radical (unpaired) electrons. The average Bonchev–Trinajstić information content (AvgIpc) is 2.46. The molecule has 2 heterocycles. The Bertz CT molecular complexity index is 394. The molecule has 1 unspecified atom stereocenters. The lowest BCUT2D eigenvalue weighted by molar-refractivity contribution is -0.134. The molecule has 0 bridgehead atoms. The van der Waals surface area contributed by atoms with E-state index in [1.807, 2.05) is 19.2 Å². The molecule has 1 aliphatic rings. The van der Waals surface area contributed by atoms with E-state index in [0.29, 0.717) is 12.5 Å². The molecule has 104 valence electrons. The molecule has 1 aromatic rings. The van der Waals surface area contributed by atoms with Crippen LogP contribution in [0.2, 0.25) is 0 Å². The topological polar surface area (TPSA) is 45.2 Å². The number of amides is 1. The summed E-state index contributed by atoms with van der Waals surface area (Å²) in [6.45, 7) is 1.89. The minimum absolute atomic E-state index is 0.256. The molecule has 2 rings (SSSR count). The summed E-state index contributed by atoms with van der Waals surface area (Å²) in [6, 6.07) is 4.25. The van der Waals surface area contributed by atoms with Gasteiger partial charge in [0.15, 0.2) is 0 Å². The van der Waals surface area contributed by atoms with Crippen molar-refractivity contribution in [2.75, 3.05) is 20.1 Å². The minimum Gasteiger partial charge on any atom is -0.339 e. The molecule has 1 fully saturated rings. The quantitative estimate of drug-likeness (QED) is 0.876. The Morgan fingerprint density at radius 2 is 2.21 bits per heavy atom. The highest BCUT2D eigenvalue weighted by Gasteiger charge is 2.25. The van der Waals surface area contributed by atoms with Crippen LogP contribution in [0.1, 0.15) is 31.2 Å². The van der Waals surface area contributed by atoms with Crippen LogP contribution >= 0.6 is 0 Å². The largest absolute Gasteiger partial charge is 0.339 e. The van der Waals surface area contributed by atoms with E-state index in [9.17, 15) is 4.79 Å². The molecule has 1 atom stereocenters. The van der Waals surface area contributed by atoms with Gasteiger partial charge in [0.25, 0.3) is 0 Å². The third-order valence-corrected chi connectivity index (χ3v) is 3.78. The number of carbonyl (C=O) groups is 1. The molecule has 4 nitrogen and oxygen atoms in total. The Balaban J connectivity index is 1.95. The van der Waals surface area contributed by atoms with Gasteiger partial charge in [-0.15, -0.1) is 0 Å². The van der Waals surface area contributed by atoms with Gasteiger partial charge in [-0.2, -0.15) is 0 Å². The van der Waals surface area contributed by atoms with E-state index in [1.54, 1.807) is 12.4 Å². The summed E-state index contributed by atoms with van der Waals surface area (Å²) in [5, 5.41) is 3.18. The Hall–Kier alpha value is -1.42. The first-order valence-corrected chi connectivity index (χ1v) is 7.14. The van der Waals surface area contributed by atoms with Crippen LogP contribution in [0.4, 0.5) is 0 Å². The zero-order valence-electron chi connectivity index (χ0n) is 11.6. The van der Waals surface area contributed by atoms with Crippen molar-refractivity contribution in [3.63, 3.8) is 0 Å². The highest BCUT2D eigenvalue weighted by atomic mass is 16.2. The van der Waals surface area contributed by atoms with Crippen molar-refractivity contribution >= 4 is 5.91 Å². The Morgan fingerprint density at radius 3 is 2.95 bits per heavy atom. The van der Waals surface area contributed by atoms with Crippen molar-refractivity contribution in [2.24, 2.45) is 0 Å². The summed E-state index contributed by atoms with van der Waals surface area (Å²) < 4.78 is 0. The lowest BCUT2D eigenvalue weighted by atomic mass is 9.98. The SMILES string of the molecule is CNCCC1CCCCN1C(=O)Cc1ccncc1. The van der Waals surface area contributed by atoms with Gasteiger partial charge in [-0.1, -0.05) is 0 Å². The number of pyridine rings is 1. The van der Waals surface area contributed by atoms with E-state index in [4.69, 9.17) is 0 Å². The maximum absolute atomic E-state index is 12.4. The maximum Gasteiger partial charge on any atom is 0.227 e. The smallest absolute Gasteiger partial charge is 0.227 e. The third kappa shape index (κ3) is 4.03. The van der Waals surface area contributed by atoms with Gasteiger partial charge in [0.1, 0.15) is 0 Å². The average molecular weight is 261 g/mol. The van der Waals surface area contributed by atoms with Gasteiger partial charge >= 0.3 is 0 Å². The second-order valence-electron chi connectivity index (χ2n) is 5.16. The lowest BCUT2D eigenvalue weighted by Crippen LogP contribution is -2.45. The number of hydrogen-bond donors (Lipinski definition) is 1. The number of nitrogens with zero attached hydrogens (tertiary/aromatic N) is 2. The van der Waals surface area contributed by atoms with Crippen molar-refractivity contribution in [3.05, 3.63) is 30.1 Å². The standard InChI is InChI=1S/C15H23N3O/c1-16-8-7-14-4-2-3-11-18(14)15(19)12-13-5-9-17-10-6-13/h5-6,9-10,14,16H,2-4,7-8,11-12H2,1H3. The van der Waals surface area contributed by atoms with Crippen LogP contribution in [0.5, 0.6) is 0 Å². The van der Waals surface area contributed by atoms with Gasteiger partial charge in [0, 0.05) is 25.0 Å². The highest BCUT2D eigenvalue weighted by Crippen LogP contribution is 2.20. The molecular formula is C15H23N3O. The number of aromatic nitrogens is 1. The fourth-order valence-electron chi connectivity index (χ4n) is 2.72. The molecule has 4 heteroatoms. The molecule has 1 aromatic heterocycles. The van der Waals surface area contributed by atoms with Crippen molar-refractivity contribution in [1.82, 2.24) is 15.2 Å². The molecular weight excluding hydrogens is 238 g/mol. The van der Waals surface area contributed by atoms with Crippen LogP contribution in [-0.2, 0) is 11.2 Å². The molecule has 0 aromatic carbocycles. The Morgan fingerprint density at radius 1 is 1.42 bits per heavy atom. The van der Waals surface area contributed by atoms with E-state index < -0.39 is 0 Å². The van der Waals surface area contributed by atoms with Gasteiger partial charge in [-0.3, -0.25) is 9.78 Å². The highest BCUT2D eigenvalue weighted by molar-refractivity contribution is 5.79. The first-order chi connectivity index (χ1) is 9.31. The summed E-state index contributed by atoms with van der Waals surface area (Å²) in [6.07, 6.45) is 8.57. The minimum atomic E-state index is 0.256. The first-order valence-electron chi connectivity index (χ1n) is 7.14. The molecule has 1 aliphatic heterocycles. The Labute approximate surface area is 115 Å². The van der Waals surface area contributed by atoms with Crippen molar-refractivity contribution in [1.29, 1.82) is 0 Å². The first kappa shape index (κ1) is 14.0. The van der Waals surface area contributed by atoms with Crippen molar-refractivity contribution in [3.8, 4) is 0 Å². The molecule has 1 saturated heterocycles. The van der Waals surface area contributed by atoms with Crippen LogP contribution in [-0.4, -0.2) is 42.0 Å². The second-order valence-corrected chi connectivity index (χ2v) is 5.16. The number of nitrogens with one attached hydrogen (secondary N) is 1. The monoisotopic (exact) mass is 261 g/mol. The summed E-state index contributed by atoms with van der Waals surface area (Å²) in [4.78, 5) is 18.5. The zero-order valence-corrected chi connectivity index (χ0v) is 11.6. The molecule has 1 N–H and O–H groups in total. The van der Waals surface area contributed by atoms with Crippen molar-refractivity contribution < 1.29 is 4.79 Å². The lowest BCUT2D eigenvalue weighted by Gasteiger charge is -2.36. The van der Waals surface area contributed by atoms with Gasteiger partial charge in [-0.05, 0) is 57.0 Å². The molecule has 0 spiro atoms. The van der Waals surface area contributed by atoms with Crippen LogP contribution in [0.25, 0.3) is 0 Å². The molecule has 19 heavy (non-hydrogen) atoms. The maximum atomic E-state index is 12.4. The summed E-state index contributed by atoms with van der Waals surface area (Å²) in [7, 11) is 1.96. The molecule has 1 amide bonds. The number of hydrogen-bond acceptors (Lipinski definition) is 3. The van der Waals surface area contributed by atoms with Crippen LogP contribution < -0.4 is 5.32 Å². The molecule has 0 saturated carbocycles. The van der Waals surface area contributed by atoms with E-state index >= 15 is 0 Å². The van der Waals surface area contributed by atoms with Gasteiger partial charge in [0.05, 0.1) is 6.42 Å². The van der Waals surface area contributed by atoms with E-state index in [2.05, 4.69) is 15.2 Å². The number of likely N-dealkylation sites (tertiary alicyclic amines) is 1. The van der Waals surface area contributed by atoms with Gasteiger partial charge in [-0.25, -0.2) is 0 Å².